The molecule has 0 heteroatoms. The SMILES string of the molecule is C1=CC/C=C(c2ccccc2)\C=C/C1. The second kappa shape index (κ2) is 4.61. The van der Waals surface area contributed by atoms with Crippen molar-refractivity contribution in [2.45, 2.75) is 12.8 Å². The first kappa shape index (κ1) is 9.01. The Morgan fingerprint density at radius 2 is 1.57 bits per heavy atom. The molecule has 2 rings (SSSR count). The van der Waals surface area contributed by atoms with E-state index in [-0.39, 0.29) is 0 Å². The second-order valence-electron chi connectivity index (χ2n) is 3.37. The molecule has 0 aliphatic heterocycles. The summed E-state index contributed by atoms with van der Waals surface area (Å²) in [5, 5.41) is 0. The highest BCUT2D eigenvalue weighted by Crippen LogP contribution is 2.17. The molecule has 0 aromatic heterocycles. The monoisotopic (exact) mass is 182 g/mol. The Morgan fingerprint density at radius 1 is 0.786 bits per heavy atom. The van der Waals surface area contributed by atoms with E-state index in [0.29, 0.717) is 0 Å². The standard InChI is InChI=1S/C14H14/c1-2-5-9-13(10-6-3-1)14-11-7-4-8-12-14/h1-2,4,6-12H,3,5H2/b2-1?,10-6-,13-9+. The molecule has 0 nitrogen and oxygen atoms in total. The van der Waals surface area contributed by atoms with Crippen LogP contribution < -0.4 is 0 Å². The maximum atomic E-state index is 2.27. The van der Waals surface area contributed by atoms with Crippen molar-refractivity contribution in [1.29, 1.82) is 0 Å². The molecule has 1 aromatic rings. The highest BCUT2D eigenvalue weighted by atomic mass is 14.0. The highest BCUT2D eigenvalue weighted by Gasteiger charge is 1.96. The van der Waals surface area contributed by atoms with Crippen LogP contribution in [0.5, 0.6) is 0 Å². The number of hydrogen-bond donors (Lipinski definition) is 0. The van der Waals surface area contributed by atoms with Crippen molar-refractivity contribution in [3.63, 3.8) is 0 Å². The predicted octanol–water partition coefficient (Wildman–Crippen LogP) is 3.98. The minimum absolute atomic E-state index is 1.04. The van der Waals surface area contributed by atoms with Gasteiger partial charge in [-0.15, -0.1) is 0 Å². The van der Waals surface area contributed by atoms with Gasteiger partial charge in [-0.1, -0.05) is 60.7 Å². The third kappa shape index (κ3) is 2.23. The third-order valence-corrected chi connectivity index (χ3v) is 2.32. The van der Waals surface area contributed by atoms with E-state index in [2.05, 4.69) is 60.7 Å². The summed E-state index contributed by atoms with van der Waals surface area (Å²) < 4.78 is 0. The molecule has 70 valence electrons. The van der Waals surface area contributed by atoms with Crippen LogP contribution in [0.15, 0.2) is 60.7 Å². The van der Waals surface area contributed by atoms with E-state index < -0.39 is 0 Å². The van der Waals surface area contributed by atoms with Crippen LogP contribution in [0.25, 0.3) is 5.57 Å². The van der Waals surface area contributed by atoms with Gasteiger partial charge in [0.2, 0.25) is 0 Å². The number of hydrogen-bond acceptors (Lipinski definition) is 0. The van der Waals surface area contributed by atoms with Crippen LogP contribution >= 0.6 is 0 Å². The van der Waals surface area contributed by atoms with Crippen molar-refractivity contribution in [2.75, 3.05) is 0 Å². The predicted molar refractivity (Wildman–Crippen MR) is 61.9 cm³/mol. The third-order valence-electron chi connectivity index (χ3n) is 2.32. The summed E-state index contributed by atoms with van der Waals surface area (Å²) in [7, 11) is 0. The smallest absolute Gasteiger partial charge is 0.0160 e. The van der Waals surface area contributed by atoms with E-state index in [1.807, 2.05) is 0 Å². The van der Waals surface area contributed by atoms with Crippen LogP contribution in [0, 0.1) is 0 Å². The van der Waals surface area contributed by atoms with Gasteiger partial charge in [-0.05, 0) is 24.0 Å². The van der Waals surface area contributed by atoms with Gasteiger partial charge in [-0.3, -0.25) is 0 Å². The molecule has 14 heavy (non-hydrogen) atoms. The van der Waals surface area contributed by atoms with Crippen molar-refractivity contribution < 1.29 is 0 Å². The van der Waals surface area contributed by atoms with Gasteiger partial charge < -0.3 is 0 Å². The fourth-order valence-electron chi connectivity index (χ4n) is 1.57. The van der Waals surface area contributed by atoms with Crippen molar-refractivity contribution in [3.8, 4) is 0 Å². The molecular formula is C14H14. The first-order chi connectivity index (χ1) is 6.97. The maximum Gasteiger partial charge on any atom is -0.0160 e. The Balaban J connectivity index is 2.29. The van der Waals surface area contributed by atoms with Gasteiger partial charge in [0, 0.05) is 0 Å². The van der Waals surface area contributed by atoms with Crippen molar-refractivity contribution in [1.82, 2.24) is 0 Å². The van der Waals surface area contributed by atoms with Gasteiger partial charge in [0.15, 0.2) is 0 Å². The van der Waals surface area contributed by atoms with Crippen LogP contribution in [0.3, 0.4) is 0 Å². The van der Waals surface area contributed by atoms with Gasteiger partial charge in [0.25, 0.3) is 0 Å². The van der Waals surface area contributed by atoms with Crippen molar-refractivity contribution >= 4 is 5.57 Å². The van der Waals surface area contributed by atoms with Crippen LogP contribution in [0.2, 0.25) is 0 Å². The topological polar surface area (TPSA) is 0 Å². The molecule has 0 unspecified atom stereocenters. The zero-order chi connectivity index (χ0) is 9.64. The van der Waals surface area contributed by atoms with Crippen molar-refractivity contribution in [2.24, 2.45) is 0 Å². The lowest BCUT2D eigenvalue weighted by Crippen LogP contribution is -1.81. The summed E-state index contributed by atoms with van der Waals surface area (Å²) in [5.41, 5.74) is 2.63. The Labute approximate surface area is 85.3 Å². The molecule has 0 bridgehead atoms. The summed E-state index contributed by atoms with van der Waals surface area (Å²) in [6.45, 7) is 0. The molecule has 1 aliphatic rings. The van der Waals surface area contributed by atoms with Crippen LogP contribution in [-0.4, -0.2) is 0 Å². The van der Waals surface area contributed by atoms with Crippen LogP contribution in [-0.2, 0) is 0 Å². The molecule has 0 spiro atoms. The second-order valence-corrected chi connectivity index (χ2v) is 3.37. The highest BCUT2D eigenvalue weighted by molar-refractivity contribution is 5.74. The number of allylic oxidation sites excluding steroid dienone is 6. The van der Waals surface area contributed by atoms with Crippen molar-refractivity contribution in [3.05, 3.63) is 66.3 Å². The average Bonchev–Trinajstić information content (AvgIpc) is 2.18. The summed E-state index contributed by atoms with van der Waals surface area (Å²) in [4.78, 5) is 0. The van der Waals surface area contributed by atoms with E-state index in [0.717, 1.165) is 12.8 Å². The molecule has 0 N–H and O–H groups in total. The molecule has 0 heterocycles. The molecule has 0 fully saturated rings. The maximum absolute atomic E-state index is 2.27. The first-order valence-corrected chi connectivity index (χ1v) is 5.04. The van der Waals surface area contributed by atoms with E-state index in [9.17, 15) is 0 Å². The number of benzene rings is 1. The minimum Gasteiger partial charge on any atom is -0.0844 e. The molecule has 0 amide bonds. The summed E-state index contributed by atoms with van der Waals surface area (Å²) in [5.74, 6) is 0. The van der Waals surface area contributed by atoms with Gasteiger partial charge in [0.1, 0.15) is 0 Å². The van der Waals surface area contributed by atoms with E-state index in [1.165, 1.54) is 11.1 Å². The number of rotatable bonds is 1. The molecule has 0 saturated heterocycles. The Hall–Kier alpha value is -1.56. The van der Waals surface area contributed by atoms with E-state index in [4.69, 9.17) is 0 Å². The lowest BCUT2D eigenvalue weighted by Gasteiger charge is -2.03. The fraction of sp³-hybridized carbons (Fsp3) is 0.143. The molecule has 0 atom stereocenters. The largest absolute Gasteiger partial charge is 0.0844 e. The van der Waals surface area contributed by atoms with Gasteiger partial charge in [-0.2, -0.15) is 0 Å². The lowest BCUT2D eigenvalue weighted by molar-refractivity contribution is 1.29. The van der Waals surface area contributed by atoms with Crippen LogP contribution in [0.4, 0.5) is 0 Å². The van der Waals surface area contributed by atoms with E-state index >= 15 is 0 Å². The Kier molecular flexibility index (Phi) is 2.97. The summed E-state index contributed by atoms with van der Waals surface area (Å²) in [6.07, 6.45) is 13.2. The zero-order valence-electron chi connectivity index (χ0n) is 8.19. The Morgan fingerprint density at radius 3 is 2.43 bits per heavy atom. The lowest BCUT2D eigenvalue weighted by atomic mass is 10.0. The first-order valence-electron chi connectivity index (χ1n) is 5.04. The minimum atomic E-state index is 1.04. The molecule has 0 radical (unpaired) electrons. The van der Waals surface area contributed by atoms with Crippen LogP contribution in [0.1, 0.15) is 18.4 Å². The zero-order valence-corrected chi connectivity index (χ0v) is 8.19. The summed E-state index contributed by atoms with van der Waals surface area (Å²) >= 11 is 0. The van der Waals surface area contributed by atoms with Gasteiger partial charge in [-0.25, -0.2) is 0 Å². The van der Waals surface area contributed by atoms with Gasteiger partial charge >= 0.3 is 0 Å². The fourth-order valence-corrected chi connectivity index (χ4v) is 1.57. The molecule has 1 aromatic carbocycles. The summed E-state index contributed by atoms with van der Waals surface area (Å²) in [6, 6.07) is 10.5. The quantitative estimate of drug-likeness (QED) is 0.576. The molecule has 0 saturated carbocycles. The normalized spacial score (nSPS) is 21.9. The Bertz CT molecular complexity index is 366. The molecule has 1 aliphatic carbocycles. The van der Waals surface area contributed by atoms with E-state index in [1.54, 1.807) is 0 Å². The van der Waals surface area contributed by atoms with Gasteiger partial charge in [0.05, 0.1) is 0 Å². The molecular weight excluding hydrogens is 168 g/mol. The average molecular weight is 182 g/mol.